The van der Waals surface area contributed by atoms with Crippen LogP contribution in [0.1, 0.15) is 145 Å². The third-order valence-electron chi connectivity index (χ3n) is 13.9. The topological polar surface area (TPSA) is 370 Å². The number of halogens is 3. The number of nitriles is 1. The minimum atomic E-state index is -5.08. The van der Waals surface area contributed by atoms with Gasteiger partial charge in [-0.25, -0.2) is 24.0 Å². The number of aryl methyl sites for hydroxylation is 2. The highest BCUT2D eigenvalue weighted by atomic mass is 32.2. The Morgan fingerprint density at radius 3 is 1.39 bits per heavy atom. The molecule has 30 heteroatoms. The molecule has 5 rings (SSSR count). The van der Waals surface area contributed by atoms with Gasteiger partial charge in [0.2, 0.25) is 23.6 Å². The first-order chi connectivity index (χ1) is 47.7. The number of carbonyl (C=O) groups is 8. The van der Waals surface area contributed by atoms with Crippen LogP contribution in [0.2, 0.25) is 0 Å². The van der Waals surface area contributed by atoms with Crippen molar-refractivity contribution in [1.82, 2.24) is 31.9 Å². The van der Waals surface area contributed by atoms with Crippen molar-refractivity contribution in [3.05, 3.63) is 141 Å². The van der Waals surface area contributed by atoms with E-state index in [1.165, 1.54) is 23.9 Å². The Kier molecular flexibility index (Phi) is 38.3. The fraction of sp³-hybridized carbons (Fsp3) is 0.479. The van der Waals surface area contributed by atoms with Crippen molar-refractivity contribution >= 4 is 97.9 Å². The molecule has 25 nitrogen and oxygen atoms in total. The molecule has 8 N–H and O–H groups in total. The van der Waals surface area contributed by atoms with Crippen LogP contribution in [0.3, 0.4) is 0 Å². The summed E-state index contributed by atoms with van der Waals surface area (Å²) in [5, 5.41) is 43.0. The number of hydrogen-bond acceptors (Lipinski definition) is 19. The van der Waals surface area contributed by atoms with E-state index in [0.29, 0.717) is 103 Å². The van der Waals surface area contributed by atoms with E-state index >= 15 is 0 Å². The number of carbonyl (C=O) groups excluding carboxylic acids is 6. The summed E-state index contributed by atoms with van der Waals surface area (Å²) >= 11 is 6.53. The van der Waals surface area contributed by atoms with Gasteiger partial charge in [0.05, 0.1) is 23.5 Å². The Morgan fingerprint density at radius 1 is 0.602 bits per heavy atom. The number of aliphatic carboxylic acids is 2. The number of benzene rings is 3. The van der Waals surface area contributed by atoms with Gasteiger partial charge in [-0.2, -0.15) is 18.4 Å². The summed E-state index contributed by atoms with van der Waals surface area (Å²) in [7, 11) is 0. The normalized spacial score (nSPS) is 12.1. The first kappa shape index (κ1) is 91.3. The lowest BCUT2D eigenvalue weighted by molar-refractivity contribution is -0.192. The zero-order valence-electron chi connectivity index (χ0n) is 61.1. The summed E-state index contributed by atoms with van der Waals surface area (Å²) in [5.74, 6) is -3.12. The summed E-state index contributed by atoms with van der Waals surface area (Å²) in [6.07, 6.45) is -3.70. The number of fused-ring (bicyclic) bond motifs is 2. The standard InChI is InChI=1S/C30H45N3O7.C17H19NO4.C13H13NO2S2.C11H20N2O3.C2HF3O2/c1-9-30(8,19-29(6,7)25(35)32-14-15-33-27(37)40-28(3,4)5)26(36)31-13-10-16-38-21-11-12-22-20(2)17-24(34)39-23(22)18-21;1-11(2)17(20)18-7-4-8-21-13-5-6-14-12(3)9-16(19)22-15(14)10-13;1-13(9-14,8-7-11(15)16)18-12(17)10-5-3-2-4-6-10;1-8(2)9(14)12-6-7-13-10(15)16-11(3,4)5;3-2(4,5)1(6)7/h11-12,17-18H,9-10,13-16,19H2,1-8H3,(H,31,36)(H,32,35)(H,33,37);5-6,9-10H,1,4,7-8H2,2-3H3,(H,18,20);2-6H,7-8H2,1H3,(H,15,16);1,6-7H2,2-5H3,(H,12,14)(H,13,15);(H,6,7). The van der Waals surface area contributed by atoms with Gasteiger partial charge in [-0.15, -0.1) is 0 Å². The van der Waals surface area contributed by atoms with Crippen molar-refractivity contribution in [2.75, 3.05) is 52.5 Å². The summed E-state index contributed by atoms with van der Waals surface area (Å²) in [6.45, 7) is 36.8. The van der Waals surface area contributed by atoms with E-state index < -0.39 is 62.7 Å². The lowest BCUT2D eigenvalue weighted by atomic mass is 9.71. The van der Waals surface area contributed by atoms with Crippen LogP contribution in [0.5, 0.6) is 11.5 Å². The van der Waals surface area contributed by atoms with Gasteiger partial charge in [-0.05, 0) is 149 Å². The van der Waals surface area contributed by atoms with Crippen LogP contribution in [0, 0.1) is 36.0 Å². The molecule has 2 heterocycles. The molecule has 0 aliphatic rings. The Labute approximate surface area is 607 Å². The number of carboxylic acids is 2. The van der Waals surface area contributed by atoms with E-state index in [1.54, 1.807) is 74.4 Å². The smallest absolute Gasteiger partial charge is 0.490 e. The van der Waals surface area contributed by atoms with Crippen LogP contribution in [0.25, 0.3) is 21.9 Å². The first-order valence-electron chi connectivity index (χ1n) is 32.6. The van der Waals surface area contributed by atoms with Gasteiger partial charge in [0.25, 0.3) is 0 Å². The molecule has 2 unspecified atom stereocenters. The molecule has 5 aromatic rings. The van der Waals surface area contributed by atoms with Crippen LogP contribution in [-0.4, -0.2) is 137 Å². The molecule has 0 aliphatic carbocycles. The number of nitrogens with zero attached hydrogens (tertiary/aromatic N) is 1. The molecule has 566 valence electrons. The second-order valence-corrected chi connectivity index (χ2v) is 28.6. The Bertz CT molecular complexity index is 3900. The maximum absolute atomic E-state index is 13.1. The largest absolute Gasteiger partial charge is 0.493 e. The first-order valence-corrected chi connectivity index (χ1v) is 33.8. The molecule has 0 aliphatic heterocycles. The van der Waals surface area contributed by atoms with Gasteiger partial charge < -0.3 is 69.9 Å². The van der Waals surface area contributed by atoms with Crippen molar-refractivity contribution in [3.63, 3.8) is 0 Å². The minimum absolute atomic E-state index is 0.0333. The van der Waals surface area contributed by atoms with Crippen LogP contribution >= 0.6 is 24.0 Å². The monoisotopic (exact) mass is 1480 g/mol. The SMILES string of the molecule is C=C(C)C(=O)NCCCOc1ccc2c(C)cc(=O)oc2c1.C=C(C)C(=O)NCCNC(=O)OC(C)(C)C.CC(C#N)(CCC(=O)O)SC(=S)c1ccccc1.CCC(C)(CC(C)(C)C(=O)NCCNC(=O)OC(C)(C)C)C(=O)NCCCOc1ccc2c(C)cc(=O)oc2c1.O=C(O)C(F)(F)F. The number of alkyl carbamates (subject to hydrolysis) is 2. The second-order valence-electron chi connectivity index (χ2n) is 26.4. The van der Waals surface area contributed by atoms with Gasteiger partial charge in [0, 0.05) is 103 Å². The van der Waals surface area contributed by atoms with Gasteiger partial charge in [-0.3, -0.25) is 24.0 Å². The van der Waals surface area contributed by atoms with Crippen molar-refractivity contribution in [3.8, 4) is 17.6 Å². The number of hydrogen-bond donors (Lipinski definition) is 8. The van der Waals surface area contributed by atoms with E-state index in [2.05, 4.69) is 51.1 Å². The fourth-order valence-corrected chi connectivity index (χ4v) is 10.1. The van der Waals surface area contributed by atoms with Crippen LogP contribution in [0.4, 0.5) is 22.8 Å². The highest BCUT2D eigenvalue weighted by Crippen LogP contribution is 2.37. The number of ether oxygens (including phenoxy) is 4. The highest BCUT2D eigenvalue weighted by Gasteiger charge is 2.41. The van der Waals surface area contributed by atoms with Crippen molar-refractivity contribution in [2.24, 2.45) is 10.8 Å². The molecule has 0 radical (unpaired) electrons. The van der Waals surface area contributed by atoms with E-state index in [0.717, 1.165) is 27.5 Å². The third kappa shape index (κ3) is 37.7. The number of thiocarbonyl (C=S) groups is 1. The maximum atomic E-state index is 13.1. The van der Waals surface area contributed by atoms with Gasteiger partial charge >= 0.3 is 41.6 Å². The van der Waals surface area contributed by atoms with E-state index in [-0.39, 0.29) is 55.2 Å². The van der Waals surface area contributed by atoms with Crippen molar-refractivity contribution in [2.45, 2.75) is 165 Å². The number of thioether (sulfide) groups is 1. The molecule has 0 spiro atoms. The van der Waals surface area contributed by atoms with E-state index in [9.17, 15) is 61.6 Å². The molecular formula is C73H98F3N7O18S2. The molecule has 0 saturated heterocycles. The van der Waals surface area contributed by atoms with Crippen LogP contribution in [-0.2, 0) is 38.2 Å². The van der Waals surface area contributed by atoms with Crippen LogP contribution < -0.4 is 52.6 Å². The number of alkyl halides is 3. The highest BCUT2D eigenvalue weighted by molar-refractivity contribution is 8.24. The van der Waals surface area contributed by atoms with Gasteiger partial charge in [-0.1, -0.05) is 95.2 Å². The van der Waals surface area contributed by atoms with Crippen molar-refractivity contribution in [1.29, 1.82) is 5.26 Å². The number of nitrogens with one attached hydrogen (secondary N) is 6. The predicted octanol–water partition coefficient (Wildman–Crippen LogP) is 12.1. The maximum Gasteiger partial charge on any atom is 0.490 e. The summed E-state index contributed by atoms with van der Waals surface area (Å²) < 4.78 is 63.6. The van der Waals surface area contributed by atoms with E-state index in [1.807, 2.05) is 96.1 Å². The number of carboxylic acid groups (broad SMARTS) is 2. The Hall–Kier alpha value is -9.76. The fourth-order valence-electron chi connectivity index (χ4n) is 8.52. The average molecular weight is 1480 g/mol. The predicted molar refractivity (Wildman–Crippen MR) is 392 cm³/mol. The summed E-state index contributed by atoms with van der Waals surface area (Å²) in [4.78, 5) is 114. The number of amides is 6. The molecule has 103 heavy (non-hydrogen) atoms. The van der Waals surface area contributed by atoms with Crippen LogP contribution in [0.15, 0.2) is 122 Å². The molecular weight excluding hydrogens is 1380 g/mol. The summed E-state index contributed by atoms with van der Waals surface area (Å²) in [6, 6.07) is 25.2. The number of rotatable bonds is 28. The quantitative estimate of drug-likeness (QED) is 0.00998. The average Bonchev–Trinajstić information content (AvgIpc) is 0.826. The molecule has 2 aromatic heterocycles. The Balaban J connectivity index is 0.000000711. The third-order valence-corrected chi connectivity index (χ3v) is 15.6. The lowest BCUT2D eigenvalue weighted by Crippen LogP contribution is -2.47. The molecule has 2 atom stereocenters. The second kappa shape index (κ2) is 43.3. The summed E-state index contributed by atoms with van der Waals surface area (Å²) in [5.41, 5.74) is 1.09. The zero-order valence-corrected chi connectivity index (χ0v) is 62.8. The Morgan fingerprint density at radius 2 is 1.00 bits per heavy atom. The minimum Gasteiger partial charge on any atom is -0.493 e. The molecule has 0 saturated carbocycles. The molecule has 6 amide bonds. The lowest BCUT2D eigenvalue weighted by Gasteiger charge is -2.35. The van der Waals surface area contributed by atoms with Crippen molar-refractivity contribution < 1.29 is 89.5 Å². The molecule has 3 aromatic carbocycles. The van der Waals surface area contributed by atoms with Gasteiger partial charge in [0.1, 0.15) is 38.6 Å². The van der Waals surface area contributed by atoms with Gasteiger partial charge in [0.15, 0.2) is 0 Å². The molecule has 0 bridgehead atoms. The van der Waals surface area contributed by atoms with E-state index in [4.69, 9.17) is 55.0 Å². The zero-order chi connectivity index (χ0) is 78.7. The molecule has 0 fully saturated rings.